The van der Waals surface area contributed by atoms with Gasteiger partial charge in [0, 0.05) is 35.8 Å². The number of fused-ring (bicyclic) bond motifs is 2. The number of carbonyl (C=O) groups excluding carboxylic acids is 1. The van der Waals surface area contributed by atoms with Crippen molar-refractivity contribution < 1.29 is 19.1 Å². The largest absolute Gasteiger partial charge is 0.481 e. The van der Waals surface area contributed by atoms with Gasteiger partial charge in [0.15, 0.2) is 5.65 Å². The van der Waals surface area contributed by atoms with Gasteiger partial charge < -0.3 is 10.0 Å². The Kier molecular flexibility index (Phi) is 5.11. The molecule has 1 N–H and O–H groups in total. The minimum absolute atomic E-state index is 0.0544. The van der Waals surface area contributed by atoms with Crippen molar-refractivity contribution in [3.63, 3.8) is 0 Å². The summed E-state index contributed by atoms with van der Waals surface area (Å²) in [6.45, 7) is 2.67. The second kappa shape index (κ2) is 8.44. The summed E-state index contributed by atoms with van der Waals surface area (Å²) in [7, 11) is 0. The molecule has 7 rings (SSSR count). The predicted octanol–water partition coefficient (Wildman–Crippen LogP) is 4.76. The standard InChI is InChI=1S/C29H26FN5O3/c1-15-18-5-3-2-4-16(18)10-11-34(15)28(36)24-13-25(17-6-7-17)35-26(31-24)14-23(33-35)19-8-9-22(32-27(19)30)20-12-21(20)29(37)38/h2-5,8-9,13-15,17,20-21H,6-7,10-12H2,1H3,(H,37,38)/t15-,20-,21?/m1/s1. The van der Waals surface area contributed by atoms with Crippen molar-refractivity contribution in [3.8, 4) is 11.3 Å². The summed E-state index contributed by atoms with van der Waals surface area (Å²) in [5.74, 6) is -2.15. The van der Waals surface area contributed by atoms with E-state index >= 15 is 4.39 Å². The van der Waals surface area contributed by atoms with Crippen molar-refractivity contribution in [1.82, 2.24) is 24.5 Å². The molecule has 1 aliphatic heterocycles. The second-order valence-corrected chi connectivity index (χ2v) is 10.6. The number of benzene rings is 1. The Labute approximate surface area is 218 Å². The number of nitrogens with zero attached hydrogens (tertiary/aromatic N) is 5. The number of hydrogen-bond donors (Lipinski definition) is 1. The molecule has 38 heavy (non-hydrogen) atoms. The van der Waals surface area contributed by atoms with E-state index in [0.717, 1.165) is 30.5 Å². The van der Waals surface area contributed by atoms with Gasteiger partial charge in [0.05, 0.1) is 23.2 Å². The number of pyridine rings is 1. The molecule has 4 heterocycles. The summed E-state index contributed by atoms with van der Waals surface area (Å²) in [5, 5.41) is 13.8. The molecule has 1 unspecified atom stereocenters. The molecule has 2 saturated carbocycles. The van der Waals surface area contributed by atoms with Crippen LogP contribution in [0.15, 0.2) is 48.5 Å². The van der Waals surface area contributed by atoms with Gasteiger partial charge in [-0.05, 0) is 61.9 Å². The fourth-order valence-corrected chi connectivity index (χ4v) is 5.75. The lowest BCUT2D eigenvalue weighted by molar-refractivity contribution is -0.138. The summed E-state index contributed by atoms with van der Waals surface area (Å²) in [4.78, 5) is 35.5. The minimum atomic E-state index is -0.881. The fourth-order valence-electron chi connectivity index (χ4n) is 5.75. The van der Waals surface area contributed by atoms with E-state index in [1.54, 1.807) is 22.7 Å². The summed E-state index contributed by atoms with van der Waals surface area (Å²) < 4.78 is 16.8. The molecule has 2 fully saturated rings. The lowest BCUT2D eigenvalue weighted by atomic mass is 9.93. The molecule has 8 nitrogen and oxygen atoms in total. The summed E-state index contributed by atoms with van der Waals surface area (Å²) in [6.07, 6.45) is 3.29. The molecule has 4 aromatic rings. The van der Waals surface area contributed by atoms with Gasteiger partial charge in [0.2, 0.25) is 5.95 Å². The van der Waals surface area contributed by atoms with E-state index in [-0.39, 0.29) is 29.3 Å². The quantitative estimate of drug-likeness (QED) is 0.388. The topological polar surface area (TPSA) is 101 Å². The lowest BCUT2D eigenvalue weighted by Crippen LogP contribution is -2.39. The first kappa shape index (κ1) is 23.0. The number of halogens is 1. The Morgan fingerprint density at radius 1 is 1.08 bits per heavy atom. The number of rotatable bonds is 5. The third kappa shape index (κ3) is 3.76. The fraction of sp³-hybridized carbons (Fsp3) is 0.345. The SMILES string of the molecule is C[C@@H]1c2ccccc2CCN1C(=O)c1cc(C2CC2)n2nc(-c3ccc([C@@H]4CC4C(=O)O)nc3F)cc2n1. The number of aliphatic carboxylic acids is 1. The Balaban J connectivity index is 1.23. The number of amides is 1. The first-order chi connectivity index (χ1) is 18.4. The van der Waals surface area contributed by atoms with Gasteiger partial charge in [-0.25, -0.2) is 14.5 Å². The highest BCUT2D eigenvalue weighted by atomic mass is 19.1. The normalized spacial score (nSPS) is 22.4. The zero-order chi connectivity index (χ0) is 26.1. The molecular weight excluding hydrogens is 485 g/mol. The monoisotopic (exact) mass is 511 g/mol. The van der Waals surface area contributed by atoms with Crippen LogP contribution < -0.4 is 0 Å². The van der Waals surface area contributed by atoms with Crippen LogP contribution >= 0.6 is 0 Å². The Hall–Kier alpha value is -4.14. The van der Waals surface area contributed by atoms with Crippen LogP contribution in [0.3, 0.4) is 0 Å². The Morgan fingerprint density at radius 2 is 1.89 bits per heavy atom. The van der Waals surface area contributed by atoms with Gasteiger partial charge in [0.1, 0.15) is 5.69 Å². The van der Waals surface area contributed by atoms with Crippen LogP contribution in [-0.2, 0) is 11.2 Å². The Bertz CT molecular complexity index is 1630. The molecule has 0 bridgehead atoms. The van der Waals surface area contributed by atoms with E-state index in [1.807, 2.05) is 30.0 Å². The molecule has 2 aliphatic carbocycles. The first-order valence-corrected chi connectivity index (χ1v) is 13.1. The molecule has 0 radical (unpaired) electrons. The van der Waals surface area contributed by atoms with Crippen molar-refractivity contribution in [2.24, 2.45) is 5.92 Å². The van der Waals surface area contributed by atoms with E-state index in [2.05, 4.69) is 27.2 Å². The van der Waals surface area contributed by atoms with Crippen LogP contribution in [0.4, 0.5) is 4.39 Å². The minimum Gasteiger partial charge on any atom is -0.481 e. The molecule has 9 heteroatoms. The average Bonchev–Trinajstić information content (AvgIpc) is 3.84. The molecule has 3 aliphatic rings. The van der Waals surface area contributed by atoms with Crippen LogP contribution in [0.2, 0.25) is 0 Å². The highest BCUT2D eigenvalue weighted by Gasteiger charge is 2.45. The van der Waals surface area contributed by atoms with Crippen LogP contribution in [0, 0.1) is 11.9 Å². The van der Waals surface area contributed by atoms with E-state index < -0.39 is 17.8 Å². The van der Waals surface area contributed by atoms with Crippen molar-refractivity contribution in [2.45, 2.75) is 50.5 Å². The van der Waals surface area contributed by atoms with Gasteiger partial charge in [-0.2, -0.15) is 9.49 Å². The van der Waals surface area contributed by atoms with Crippen molar-refractivity contribution in [1.29, 1.82) is 0 Å². The summed E-state index contributed by atoms with van der Waals surface area (Å²) in [5.41, 5.74) is 5.26. The molecule has 3 aromatic heterocycles. The maximum atomic E-state index is 15.1. The number of hydrogen-bond acceptors (Lipinski definition) is 5. The van der Waals surface area contributed by atoms with Gasteiger partial charge in [-0.3, -0.25) is 9.59 Å². The summed E-state index contributed by atoms with van der Waals surface area (Å²) in [6, 6.07) is 15.0. The number of carboxylic acids is 1. The van der Waals surface area contributed by atoms with Crippen molar-refractivity contribution in [3.05, 3.63) is 82.7 Å². The molecule has 1 aromatic carbocycles. The molecular formula is C29H26FN5O3. The smallest absolute Gasteiger partial charge is 0.307 e. The molecule has 0 saturated heterocycles. The van der Waals surface area contributed by atoms with Crippen LogP contribution in [0.1, 0.15) is 77.1 Å². The van der Waals surface area contributed by atoms with Gasteiger partial charge in [-0.1, -0.05) is 24.3 Å². The lowest BCUT2D eigenvalue weighted by Gasteiger charge is -2.35. The molecule has 3 atom stereocenters. The maximum Gasteiger partial charge on any atom is 0.307 e. The van der Waals surface area contributed by atoms with E-state index in [0.29, 0.717) is 35.7 Å². The van der Waals surface area contributed by atoms with Gasteiger partial charge >= 0.3 is 5.97 Å². The van der Waals surface area contributed by atoms with E-state index in [9.17, 15) is 14.7 Å². The van der Waals surface area contributed by atoms with E-state index in [4.69, 9.17) is 0 Å². The van der Waals surface area contributed by atoms with Crippen LogP contribution in [-0.4, -0.2) is 48.0 Å². The molecule has 192 valence electrons. The highest BCUT2D eigenvalue weighted by Crippen LogP contribution is 2.47. The van der Waals surface area contributed by atoms with Gasteiger partial charge in [0.25, 0.3) is 5.91 Å². The van der Waals surface area contributed by atoms with Gasteiger partial charge in [-0.15, -0.1) is 0 Å². The van der Waals surface area contributed by atoms with Crippen LogP contribution in [0.5, 0.6) is 0 Å². The average molecular weight is 512 g/mol. The van der Waals surface area contributed by atoms with E-state index in [1.165, 1.54) is 5.56 Å². The zero-order valence-corrected chi connectivity index (χ0v) is 20.8. The molecule has 0 spiro atoms. The summed E-state index contributed by atoms with van der Waals surface area (Å²) >= 11 is 0. The van der Waals surface area contributed by atoms with Crippen molar-refractivity contribution in [2.75, 3.05) is 6.54 Å². The second-order valence-electron chi connectivity index (χ2n) is 10.6. The highest BCUT2D eigenvalue weighted by molar-refractivity contribution is 5.93. The Morgan fingerprint density at radius 3 is 2.63 bits per heavy atom. The van der Waals surface area contributed by atoms with Crippen molar-refractivity contribution >= 4 is 17.5 Å². The number of carboxylic acid groups (broad SMARTS) is 1. The first-order valence-electron chi connectivity index (χ1n) is 13.1. The number of aromatic nitrogens is 4. The number of carbonyl (C=O) groups is 2. The molecule has 1 amide bonds. The maximum absolute atomic E-state index is 15.1. The third-order valence-electron chi connectivity index (χ3n) is 8.16. The third-order valence-corrected chi connectivity index (χ3v) is 8.16. The zero-order valence-electron chi connectivity index (χ0n) is 20.8. The van der Waals surface area contributed by atoms with Crippen LogP contribution in [0.25, 0.3) is 16.9 Å². The predicted molar refractivity (Wildman–Crippen MR) is 136 cm³/mol.